The Hall–Kier alpha value is 0.810. The Balaban J connectivity index is 3.48. The first-order valence-corrected chi connectivity index (χ1v) is 5.16. The Morgan fingerprint density at radius 3 is 2.00 bits per heavy atom. The highest BCUT2D eigenvalue weighted by atomic mass is 35.7. The van der Waals surface area contributed by atoms with Crippen molar-refractivity contribution < 1.29 is 4.57 Å². The van der Waals surface area contributed by atoms with E-state index in [0.29, 0.717) is 0 Å². The van der Waals surface area contributed by atoms with Crippen molar-refractivity contribution >= 4 is 29.3 Å². The van der Waals surface area contributed by atoms with E-state index in [1.807, 2.05) is 0 Å². The predicted octanol–water partition coefficient (Wildman–Crippen LogP) is 2.33. The number of hydrogen-bond acceptors (Lipinski definition) is 1. The zero-order valence-electron chi connectivity index (χ0n) is 3.32. The van der Waals surface area contributed by atoms with E-state index < -0.39 is 6.49 Å². The summed E-state index contributed by atoms with van der Waals surface area (Å²) in [6, 6.07) is 0. The van der Waals surface area contributed by atoms with Gasteiger partial charge in [-0.05, 0) is 0 Å². The van der Waals surface area contributed by atoms with Crippen LogP contribution in [0.1, 0.15) is 0 Å². The molecule has 0 fully saturated rings. The molecule has 0 aromatic heterocycles. The maximum absolute atomic E-state index is 10.2. The lowest BCUT2D eigenvalue weighted by molar-refractivity contribution is 0.590. The van der Waals surface area contributed by atoms with Gasteiger partial charge in [-0.15, -0.1) is 11.6 Å². The van der Waals surface area contributed by atoms with E-state index in [9.17, 15) is 4.57 Å². The number of rotatable bonds is 1. The van der Waals surface area contributed by atoms with E-state index >= 15 is 0 Å². The zero-order valence-corrected chi connectivity index (χ0v) is 5.72. The van der Waals surface area contributed by atoms with E-state index in [2.05, 4.69) is 0 Å². The standard InChI is InChI=1S/C2H5Cl2OP/c1-6(4,5)2-3/h2H2,1H3/t6-/m1/s1. The fourth-order valence-corrected chi connectivity index (χ4v) is 0. The topological polar surface area (TPSA) is 17.1 Å². The highest BCUT2D eigenvalue weighted by molar-refractivity contribution is 7.89. The molecule has 0 saturated carbocycles. The lowest BCUT2D eigenvalue weighted by atomic mass is 11.9. The molecular weight excluding hydrogens is 142 g/mol. The third kappa shape index (κ3) is 4.81. The van der Waals surface area contributed by atoms with E-state index in [4.69, 9.17) is 22.8 Å². The van der Waals surface area contributed by atoms with Crippen LogP contribution < -0.4 is 0 Å². The molecule has 38 valence electrons. The SMILES string of the molecule is C[P@](=O)(Cl)CCl. The summed E-state index contributed by atoms with van der Waals surface area (Å²) < 4.78 is 10.2. The molecule has 0 unspecified atom stereocenters. The molecule has 0 aliphatic heterocycles. The van der Waals surface area contributed by atoms with Gasteiger partial charge in [-0.1, -0.05) is 11.2 Å². The van der Waals surface area contributed by atoms with Gasteiger partial charge >= 0.3 is 0 Å². The summed E-state index contributed by atoms with van der Waals surface area (Å²) in [4.78, 5) is 0. The Labute approximate surface area is 46.8 Å². The van der Waals surface area contributed by atoms with Crippen LogP contribution in [0.5, 0.6) is 0 Å². The van der Waals surface area contributed by atoms with E-state index in [1.165, 1.54) is 6.66 Å². The van der Waals surface area contributed by atoms with Gasteiger partial charge in [-0.3, -0.25) is 0 Å². The van der Waals surface area contributed by atoms with Gasteiger partial charge in [0.15, 0.2) is 6.49 Å². The fourth-order valence-electron chi connectivity index (χ4n) is 0. The highest BCUT2D eigenvalue weighted by Crippen LogP contribution is 2.47. The average Bonchev–Trinajstić information content (AvgIpc) is 1.35. The second-order valence-corrected chi connectivity index (χ2v) is 6.18. The van der Waals surface area contributed by atoms with Crippen molar-refractivity contribution in [2.75, 3.05) is 12.3 Å². The summed E-state index contributed by atoms with van der Waals surface area (Å²) in [7, 11) is 0. The van der Waals surface area contributed by atoms with E-state index in [1.54, 1.807) is 0 Å². The third-order valence-electron chi connectivity index (χ3n) is 0.213. The van der Waals surface area contributed by atoms with Crippen LogP contribution >= 0.6 is 29.3 Å². The van der Waals surface area contributed by atoms with Crippen molar-refractivity contribution in [2.45, 2.75) is 0 Å². The molecule has 0 bridgehead atoms. The molecule has 0 spiro atoms. The minimum absolute atomic E-state index is 0.0640. The molecule has 0 N–H and O–H groups in total. The van der Waals surface area contributed by atoms with Gasteiger partial charge in [0.2, 0.25) is 0 Å². The molecule has 0 heterocycles. The second-order valence-electron chi connectivity index (χ2n) is 1.10. The molecule has 0 aliphatic rings. The summed E-state index contributed by atoms with van der Waals surface area (Å²) in [5.41, 5.74) is 0.0640. The predicted molar refractivity (Wildman–Crippen MR) is 30.1 cm³/mol. The number of halogens is 2. The van der Waals surface area contributed by atoms with Gasteiger partial charge < -0.3 is 4.57 Å². The van der Waals surface area contributed by atoms with Crippen LogP contribution in [0.4, 0.5) is 0 Å². The Morgan fingerprint density at radius 1 is 1.83 bits per heavy atom. The fraction of sp³-hybridized carbons (Fsp3) is 1.00. The van der Waals surface area contributed by atoms with Crippen molar-refractivity contribution in [1.82, 2.24) is 0 Å². The first-order valence-electron chi connectivity index (χ1n) is 1.38. The Kier molecular flexibility index (Phi) is 2.50. The van der Waals surface area contributed by atoms with Crippen LogP contribution in [-0.2, 0) is 4.57 Å². The van der Waals surface area contributed by atoms with Crippen molar-refractivity contribution in [3.05, 3.63) is 0 Å². The highest BCUT2D eigenvalue weighted by Gasteiger charge is 2.04. The molecule has 0 aliphatic carbocycles. The van der Waals surface area contributed by atoms with Crippen LogP contribution in [0, 0.1) is 0 Å². The summed E-state index contributed by atoms with van der Waals surface area (Å²) in [5, 5.41) is 0. The van der Waals surface area contributed by atoms with Gasteiger partial charge in [0.25, 0.3) is 0 Å². The number of alkyl halides is 1. The van der Waals surface area contributed by atoms with Crippen LogP contribution in [-0.4, -0.2) is 12.3 Å². The quantitative estimate of drug-likeness (QED) is 0.410. The first-order chi connectivity index (χ1) is 2.56. The molecule has 0 aromatic carbocycles. The summed E-state index contributed by atoms with van der Waals surface area (Å²) in [5.74, 6) is 0. The van der Waals surface area contributed by atoms with Gasteiger partial charge in [0.05, 0.1) is 5.62 Å². The monoisotopic (exact) mass is 146 g/mol. The second kappa shape index (κ2) is 2.20. The normalized spacial score (nSPS) is 19.8. The smallest absolute Gasteiger partial charge is 0.180 e. The molecule has 0 aromatic rings. The van der Waals surface area contributed by atoms with Crippen LogP contribution in [0.25, 0.3) is 0 Å². The molecule has 0 amide bonds. The van der Waals surface area contributed by atoms with Crippen LogP contribution in [0.2, 0.25) is 0 Å². The van der Waals surface area contributed by atoms with Gasteiger partial charge in [-0.2, -0.15) is 0 Å². The molecule has 0 saturated heterocycles. The minimum Gasteiger partial charge on any atom is -0.306 e. The van der Waals surface area contributed by atoms with Gasteiger partial charge in [0, 0.05) is 6.66 Å². The van der Waals surface area contributed by atoms with Crippen molar-refractivity contribution in [3.63, 3.8) is 0 Å². The van der Waals surface area contributed by atoms with E-state index in [0.717, 1.165) is 0 Å². The summed E-state index contributed by atoms with van der Waals surface area (Å²) >= 11 is 10.2. The summed E-state index contributed by atoms with van der Waals surface area (Å²) in [6.07, 6.45) is 0. The lowest BCUT2D eigenvalue weighted by Crippen LogP contribution is -1.62. The van der Waals surface area contributed by atoms with Gasteiger partial charge in [-0.25, -0.2) is 0 Å². The summed E-state index contributed by atoms with van der Waals surface area (Å²) in [6.45, 7) is -0.977. The maximum atomic E-state index is 10.2. The lowest BCUT2D eigenvalue weighted by Gasteiger charge is -1.90. The number of hydrogen-bond donors (Lipinski definition) is 0. The minimum atomic E-state index is -2.41. The van der Waals surface area contributed by atoms with Crippen molar-refractivity contribution in [2.24, 2.45) is 0 Å². The van der Waals surface area contributed by atoms with Crippen molar-refractivity contribution in [3.8, 4) is 0 Å². The first kappa shape index (κ1) is 6.81. The molecule has 6 heavy (non-hydrogen) atoms. The molecule has 0 radical (unpaired) electrons. The maximum Gasteiger partial charge on any atom is 0.180 e. The van der Waals surface area contributed by atoms with Crippen LogP contribution in [0.3, 0.4) is 0 Å². The molecule has 4 heteroatoms. The van der Waals surface area contributed by atoms with Gasteiger partial charge in [0.1, 0.15) is 0 Å². The average molecular weight is 147 g/mol. The van der Waals surface area contributed by atoms with Crippen LogP contribution in [0.15, 0.2) is 0 Å². The Morgan fingerprint density at radius 2 is 2.00 bits per heavy atom. The molecular formula is C2H5Cl2OP. The third-order valence-corrected chi connectivity index (χ3v) is 2.73. The van der Waals surface area contributed by atoms with E-state index in [-0.39, 0.29) is 5.62 Å². The molecule has 1 atom stereocenters. The Bertz CT molecular complexity index is 75.6. The van der Waals surface area contributed by atoms with Crippen molar-refractivity contribution in [1.29, 1.82) is 0 Å². The largest absolute Gasteiger partial charge is 0.306 e. The zero-order chi connectivity index (χ0) is 5.21. The molecule has 1 nitrogen and oxygen atoms in total. The molecule has 0 rings (SSSR count).